The normalized spacial score (nSPS) is 17.3. The summed E-state index contributed by atoms with van der Waals surface area (Å²) < 4.78 is 9.91. The maximum Gasteiger partial charge on any atom is 0.317 e. The van der Waals surface area contributed by atoms with Crippen molar-refractivity contribution in [2.75, 3.05) is 37.7 Å². The summed E-state index contributed by atoms with van der Waals surface area (Å²) >= 11 is 0. The molecule has 2 aliphatic rings. The molecule has 42 heavy (non-hydrogen) atoms. The maximum atomic E-state index is 13.0. The smallest absolute Gasteiger partial charge is 0.317 e. The van der Waals surface area contributed by atoms with Gasteiger partial charge in [0.1, 0.15) is 5.75 Å². The molecule has 216 valence electrons. The largest absolute Gasteiger partial charge is 0.491 e. The highest BCUT2D eigenvalue weighted by Crippen LogP contribution is 2.31. The molecular weight excluding hydrogens is 530 g/mol. The minimum Gasteiger partial charge on any atom is -0.491 e. The van der Waals surface area contributed by atoms with E-state index in [4.69, 9.17) is 14.8 Å². The Labute approximate surface area is 244 Å². The average Bonchev–Trinajstić information content (AvgIpc) is 3.73. The highest BCUT2D eigenvalue weighted by atomic mass is 16.5. The van der Waals surface area contributed by atoms with Crippen LogP contribution in [-0.4, -0.2) is 78.2 Å². The number of hydrogen-bond donors (Lipinski definition) is 1. The van der Waals surface area contributed by atoms with Gasteiger partial charge in [-0.15, -0.1) is 0 Å². The Morgan fingerprint density at radius 2 is 1.86 bits per heavy atom. The molecule has 0 radical (unpaired) electrons. The fourth-order valence-electron chi connectivity index (χ4n) is 6.14. The van der Waals surface area contributed by atoms with E-state index in [2.05, 4.69) is 51.4 Å². The molecule has 6 heterocycles. The molecule has 2 fully saturated rings. The Hall–Kier alpha value is -4.67. The van der Waals surface area contributed by atoms with Gasteiger partial charge in [0.15, 0.2) is 22.9 Å². The van der Waals surface area contributed by atoms with Crippen molar-refractivity contribution in [3.05, 3.63) is 84.3 Å². The number of fused-ring (bicyclic) bond motifs is 2. The standard InChI is InChI=1S/C31H35N9O2/c1-22-18-25(42-20-23(2)24-6-4-3-5-7-24)19-40-27(22)34-26(36-40)8-13-39-21-31(35-30(39)41)9-14-37(15-10-31)28-29-33-12-17-38(29)16-11-32-28/h3-7,11-12,16-19,23H,8-10,13-15,20-21H2,1-2H3,(H,35,41)/t23-/m1/s1. The van der Waals surface area contributed by atoms with Gasteiger partial charge in [-0.25, -0.2) is 24.3 Å². The number of imidazole rings is 1. The number of anilines is 1. The number of aromatic nitrogens is 6. The quantitative estimate of drug-likeness (QED) is 0.305. The van der Waals surface area contributed by atoms with Crippen molar-refractivity contribution in [3.63, 3.8) is 0 Å². The van der Waals surface area contributed by atoms with Crippen molar-refractivity contribution in [3.8, 4) is 5.75 Å². The summed E-state index contributed by atoms with van der Waals surface area (Å²) in [5.74, 6) is 2.66. The fourth-order valence-corrected chi connectivity index (χ4v) is 6.14. The van der Waals surface area contributed by atoms with Gasteiger partial charge in [0.25, 0.3) is 0 Å². The Morgan fingerprint density at radius 3 is 2.67 bits per heavy atom. The second-order valence-corrected chi connectivity index (χ2v) is 11.6. The van der Waals surface area contributed by atoms with Crippen LogP contribution in [0.1, 0.15) is 42.6 Å². The molecule has 7 rings (SSSR count). The number of nitrogens with one attached hydrogen (secondary N) is 1. The molecule has 0 aliphatic carbocycles. The van der Waals surface area contributed by atoms with Crippen LogP contribution < -0.4 is 15.0 Å². The maximum absolute atomic E-state index is 13.0. The number of amides is 2. The molecule has 5 aromatic rings. The van der Waals surface area contributed by atoms with E-state index in [0.29, 0.717) is 26.1 Å². The number of hydrogen-bond acceptors (Lipinski definition) is 7. The number of piperidine rings is 1. The van der Waals surface area contributed by atoms with E-state index < -0.39 is 0 Å². The van der Waals surface area contributed by atoms with Gasteiger partial charge in [0, 0.05) is 63.3 Å². The van der Waals surface area contributed by atoms with Gasteiger partial charge in [-0.05, 0) is 37.0 Å². The van der Waals surface area contributed by atoms with Crippen molar-refractivity contribution < 1.29 is 9.53 Å². The summed E-state index contributed by atoms with van der Waals surface area (Å²) in [4.78, 5) is 31.0. The van der Waals surface area contributed by atoms with Crippen molar-refractivity contribution in [2.45, 2.75) is 44.6 Å². The van der Waals surface area contributed by atoms with Gasteiger partial charge in [0.05, 0.1) is 18.3 Å². The molecule has 1 spiro atoms. The van der Waals surface area contributed by atoms with Crippen molar-refractivity contribution in [1.82, 2.24) is 39.2 Å². The number of rotatable bonds is 8. The van der Waals surface area contributed by atoms with Crippen LogP contribution in [0.25, 0.3) is 11.3 Å². The summed E-state index contributed by atoms with van der Waals surface area (Å²) in [6.45, 7) is 7.65. The highest BCUT2D eigenvalue weighted by Gasteiger charge is 2.44. The molecule has 11 heteroatoms. The first-order chi connectivity index (χ1) is 20.5. The van der Waals surface area contributed by atoms with Gasteiger partial charge < -0.3 is 24.3 Å². The second kappa shape index (κ2) is 10.6. The Bertz CT molecular complexity index is 1720. The number of nitrogens with zero attached hydrogens (tertiary/aromatic N) is 8. The summed E-state index contributed by atoms with van der Waals surface area (Å²) in [5, 5.41) is 8.01. The van der Waals surface area contributed by atoms with Crippen molar-refractivity contribution >= 4 is 23.1 Å². The molecule has 2 aliphatic heterocycles. The van der Waals surface area contributed by atoms with Crippen LogP contribution in [0, 0.1) is 6.92 Å². The van der Waals surface area contributed by atoms with Gasteiger partial charge >= 0.3 is 6.03 Å². The van der Waals surface area contributed by atoms with Crippen LogP contribution in [0.3, 0.4) is 0 Å². The molecule has 11 nitrogen and oxygen atoms in total. The molecule has 0 unspecified atom stereocenters. The number of benzene rings is 1. The van der Waals surface area contributed by atoms with E-state index >= 15 is 0 Å². The summed E-state index contributed by atoms with van der Waals surface area (Å²) in [5.41, 5.74) is 3.70. The number of ether oxygens (including phenoxy) is 1. The number of carbonyl (C=O) groups is 1. The minimum atomic E-state index is -0.222. The topological polar surface area (TPSA) is 105 Å². The van der Waals surface area contributed by atoms with Crippen LogP contribution in [0.5, 0.6) is 5.75 Å². The first-order valence-corrected chi connectivity index (χ1v) is 14.6. The van der Waals surface area contributed by atoms with E-state index in [1.165, 1.54) is 5.56 Å². The SMILES string of the molecule is Cc1cc(OC[C@@H](C)c2ccccc2)cn2nc(CCN3CC4(CCN(c5nccn6ccnc56)CC4)NC3=O)nc12. The molecule has 2 amide bonds. The van der Waals surface area contributed by atoms with Crippen LogP contribution in [0.4, 0.5) is 10.6 Å². The molecular formula is C31H35N9O2. The van der Waals surface area contributed by atoms with Gasteiger partial charge in [-0.3, -0.25) is 0 Å². The Balaban J connectivity index is 0.963. The third kappa shape index (κ3) is 4.99. The molecule has 1 aromatic carbocycles. The van der Waals surface area contributed by atoms with Gasteiger partial charge in [-0.1, -0.05) is 37.3 Å². The monoisotopic (exact) mass is 565 g/mol. The lowest BCUT2D eigenvalue weighted by Gasteiger charge is -2.39. The van der Waals surface area contributed by atoms with Crippen LogP contribution in [-0.2, 0) is 6.42 Å². The lowest BCUT2D eigenvalue weighted by molar-refractivity contribution is 0.217. The second-order valence-electron chi connectivity index (χ2n) is 11.6. The van der Waals surface area contributed by atoms with Gasteiger partial charge in [0.2, 0.25) is 0 Å². The minimum absolute atomic E-state index is 0.0138. The highest BCUT2D eigenvalue weighted by molar-refractivity contribution is 5.78. The molecule has 1 N–H and O–H groups in total. The Morgan fingerprint density at radius 1 is 1.07 bits per heavy atom. The third-order valence-corrected chi connectivity index (χ3v) is 8.58. The van der Waals surface area contributed by atoms with Crippen molar-refractivity contribution in [1.29, 1.82) is 0 Å². The zero-order valence-corrected chi connectivity index (χ0v) is 24.0. The van der Waals surface area contributed by atoms with E-state index in [-0.39, 0.29) is 17.5 Å². The zero-order chi connectivity index (χ0) is 28.7. The lowest BCUT2D eigenvalue weighted by atomic mass is 9.88. The van der Waals surface area contributed by atoms with E-state index in [9.17, 15) is 4.79 Å². The van der Waals surface area contributed by atoms with Crippen LogP contribution in [0.15, 0.2) is 67.4 Å². The van der Waals surface area contributed by atoms with E-state index in [1.54, 1.807) is 10.7 Å². The summed E-state index contributed by atoms with van der Waals surface area (Å²) in [7, 11) is 0. The fraction of sp³-hybridized carbons (Fsp3) is 0.387. The number of aryl methyl sites for hydroxylation is 1. The lowest BCUT2D eigenvalue weighted by Crippen LogP contribution is -2.52. The number of pyridine rings is 1. The predicted molar refractivity (Wildman–Crippen MR) is 159 cm³/mol. The van der Waals surface area contributed by atoms with E-state index in [0.717, 1.165) is 60.2 Å². The van der Waals surface area contributed by atoms with Crippen LogP contribution in [0.2, 0.25) is 0 Å². The molecule has 4 aromatic heterocycles. The summed E-state index contributed by atoms with van der Waals surface area (Å²) in [6, 6.07) is 12.4. The number of urea groups is 1. The molecule has 0 saturated carbocycles. The van der Waals surface area contributed by atoms with Crippen molar-refractivity contribution in [2.24, 2.45) is 0 Å². The first kappa shape index (κ1) is 26.2. The summed E-state index contributed by atoms with van der Waals surface area (Å²) in [6.07, 6.45) is 11.6. The zero-order valence-electron chi connectivity index (χ0n) is 24.0. The third-order valence-electron chi connectivity index (χ3n) is 8.58. The van der Waals surface area contributed by atoms with E-state index in [1.807, 2.05) is 53.1 Å². The Kier molecular flexibility index (Phi) is 6.64. The first-order valence-electron chi connectivity index (χ1n) is 14.6. The molecule has 0 bridgehead atoms. The van der Waals surface area contributed by atoms with Crippen LogP contribution >= 0.6 is 0 Å². The molecule has 1 atom stereocenters. The van der Waals surface area contributed by atoms with Gasteiger partial charge in [-0.2, -0.15) is 5.10 Å². The molecule has 2 saturated heterocycles. The predicted octanol–water partition coefficient (Wildman–Crippen LogP) is 3.87. The average molecular weight is 566 g/mol. The number of carbonyl (C=O) groups excluding carboxylic acids is 1.